The minimum atomic E-state index is -3.69. The molecule has 14 heavy (non-hydrogen) atoms. The summed E-state index contributed by atoms with van der Waals surface area (Å²) in [5.74, 6) is -0.136. The molecule has 72 valence electrons. The van der Waals surface area contributed by atoms with Crippen LogP contribution in [0.1, 0.15) is 5.56 Å². The molecule has 0 aliphatic carbocycles. The van der Waals surface area contributed by atoms with Crippen LogP contribution >= 0.6 is 0 Å². The van der Waals surface area contributed by atoms with Gasteiger partial charge in [0.25, 0.3) is 0 Å². The van der Waals surface area contributed by atoms with Crippen LogP contribution in [-0.2, 0) is 14.6 Å². The van der Waals surface area contributed by atoms with Gasteiger partial charge in [0.15, 0.2) is 6.29 Å². The lowest BCUT2D eigenvalue weighted by Crippen LogP contribution is -2.00. The van der Waals surface area contributed by atoms with Gasteiger partial charge in [-0.3, -0.25) is 4.79 Å². The number of carbonyl (C=O) groups excluding carboxylic acids is 1. The third-order valence-electron chi connectivity index (χ3n) is 2.05. The predicted molar refractivity (Wildman–Crippen MR) is 49.3 cm³/mol. The van der Waals surface area contributed by atoms with E-state index in [1.54, 1.807) is 0 Å². The molecular weight excluding hydrogens is 204 g/mol. The number of rotatable bonds is 1. The predicted octanol–water partition coefficient (Wildman–Crippen LogP) is 0.719. The number of aromatic hydroxyl groups is 1. The van der Waals surface area contributed by atoms with Gasteiger partial charge in [0.1, 0.15) is 10.7 Å². The highest BCUT2D eigenvalue weighted by Crippen LogP contribution is 2.36. The third kappa shape index (κ3) is 0.990. The van der Waals surface area contributed by atoms with E-state index in [-0.39, 0.29) is 27.4 Å². The number of benzene rings is 1. The van der Waals surface area contributed by atoms with Gasteiger partial charge in [0.2, 0.25) is 9.84 Å². The van der Waals surface area contributed by atoms with E-state index >= 15 is 0 Å². The van der Waals surface area contributed by atoms with Crippen LogP contribution in [0.5, 0.6) is 5.75 Å². The molecule has 0 saturated carbocycles. The average Bonchev–Trinajstić information content (AvgIpc) is 2.40. The molecule has 1 N–H and O–H groups in total. The number of fused-ring (bicyclic) bond motifs is 1. The quantitative estimate of drug-likeness (QED) is 0.693. The molecule has 2 rings (SSSR count). The first-order valence-electron chi connectivity index (χ1n) is 3.81. The monoisotopic (exact) mass is 210 g/mol. The van der Waals surface area contributed by atoms with Crippen molar-refractivity contribution >= 4 is 22.2 Å². The van der Waals surface area contributed by atoms with Crippen LogP contribution in [0.4, 0.5) is 0 Å². The standard InChI is InChI=1S/C9H6O4S/c10-5-6-4-7-8(11)2-1-3-9(7)14(6,12)13/h1-5,11H. The lowest BCUT2D eigenvalue weighted by Gasteiger charge is -1.99. The highest BCUT2D eigenvalue weighted by molar-refractivity contribution is 7.96. The van der Waals surface area contributed by atoms with Crippen molar-refractivity contribution in [3.8, 4) is 5.75 Å². The van der Waals surface area contributed by atoms with E-state index in [1.165, 1.54) is 24.3 Å². The summed E-state index contributed by atoms with van der Waals surface area (Å²) in [5.41, 5.74) is 0.189. The van der Waals surface area contributed by atoms with Crippen molar-refractivity contribution in [2.45, 2.75) is 4.90 Å². The molecule has 1 aromatic rings. The van der Waals surface area contributed by atoms with Crippen molar-refractivity contribution in [2.24, 2.45) is 0 Å². The zero-order chi connectivity index (χ0) is 10.3. The molecule has 1 aromatic carbocycles. The van der Waals surface area contributed by atoms with Gasteiger partial charge in [0, 0.05) is 5.56 Å². The highest BCUT2D eigenvalue weighted by atomic mass is 32.2. The maximum atomic E-state index is 11.6. The summed E-state index contributed by atoms with van der Waals surface area (Å²) in [6, 6.07) is 4.16. The van der Waals surface area contributed by atoms with Gasteiger partial charge >= 0.3 is 0 Å². The molecule has 0 saturated heterocycles. The summed E-state index contributed by atoms with van der Waals surface area (Å²) in [4.78, 5) is 10.1. The number of hydrogen-bond donors (Lipinski definition) is 1. The molecule has 1 aliphatic heterocycles. The van der Waals surface area contributed by atoms with E-state index < -0.39 is 9.84 Å². The Hall–Kier alpha value is -1.62. The Labute approximate surface area is 80.4 Å². The zero-order valence-corrected chi connectivity index (χ0v) is 7.78. The maximum absolute atomic E-state index is 11.6. The van der Waals surface area contributed by atoms with Crippen LogP contribution in [0.15, 0.2) is 28.0 Å². The first kappa shape index (κ1) is 8.96. The van der Waals surface area contributed by atoms with E-state index in [9.17, 15) is 18.3 Å². The summed E-state index contributed by atoms with van der Waals surface area (Å²) >= 11 is 0. The second-order valence-corrected chi connectivity index (χ2v) is 4.78. The van der Waals surface area contributed by atoms with Crippen LogP contribution in [0, 0.1) is 0 Å². The molecule has 4 nitrogen and oxygen atoms in total. The van der Waals surface area contributed by atoms with Gasteiger partial charge in [0.05, 0.1) is 4.90 Å². The van der Waals surface area contributed by atoms with E-state index in [4.69, 9.17) is 0 Å². The molecular formula is C9H6O4S. The van der Waals surface area contributed by atoms with Gasteiger partial charge in [-0.2, -0.15) is 0 Å². The lowest BCUT2D eigenvalue weighted by molar-refractivity contribution is -0.104. The van der Waals surface area contributed by atoms with Crippen LogP contribution in [0.3, 0.4) is 0 Å². The van der Waals surface area contributed by atoms with Gasteiger partial charge in [-0.1, -0.05) is 6.07 Å². The first-order chi connectivity index (χ1) is 6.57. The molecule has 0 atom stereocenters. The van der Waals surface area contributed by atoms with Crippen LogP contribution in [0.25, 0.3) is 6.08 Å². The fraction of sp³-hybridized carbons (Fsp3) is 0. The molecule has 0 radical (unpaired) electrons. The highest BCUT2D eigenvalue weighted by Gasteiger charge is 2.30. The van der Waals surface area contributed by atoms with Gasteiger partial charge in [-0.05, 0) is 18.2 Å². The maximum Gasteiger partial charge on any atom is 0.210 e. The molecule has 1 heterocycles. The summed E-state index contributed by atoms with van der Waals surface area (Å²) in [7, 11) is -3.69. The Morgan fingerprint density at radius 2 is 2.00 bits per heavy atom. The van der Waals surface area contributed by atoms with E-state index in [1.807, 2.05) is 0 Å². The second-order valence-electron chi connectivity index (χ2n) is 2.86. The number of hydrogen-bond acceptors (Lipinski definition) is 4. The van der Waals surface area contributed by atoms with Gasteiger partial charge < -0.3 is 5.11 Å². The summed E-state index contributed by atoms with van der Waals surface area (Å²) in [5, 5.41) is 9.35. The van der Waals surface area contributed by atoms with Crippen molar-refractivity contribution in [1.29, 1.82) is 0 Å². The second kappa shape index (κ2) is 2.68. The van der Waals surface area contributed by atoms with Crippen molar-refractivity contribution in [3.05, 3.63) is 28.7 Å². The normalized spacial score (nSPS) is 17.3. The topological polar surface area (TPSA) is 71.4 Å². The molecule has 0 spiro atoms. The number of sulfone groups is 1. The smallest absolute Gasteiger partial charge is 0.210 e. The molecule has 0 fully saturated rings. The van der Waals surface area contributed by atoms with Gasteiger partial charge in [-0.25, -0.2) is 8.42 Å². The minimum Gasteiger partial charge on any atom is -0.507 e. The Bertz CT molecular complexity index is 540. The molecule has 0 bridgehead atoms. The zero-order valence-electron chi connectivity index (χ0n) is 6.97. The molecule has 1 aliphatic rings. The SMILES string of the molecule is O=CC1=Cc2c(O)cccc2S1(=O)=O. The summed E-state index contributed by atoms with van der Waals surface area (Å²) in [6.07, 6.45) is 1.45. The van der Waals surface area contributed by atoms with Crippen LogP contribution < -0.4 is 0 Å². The Morgan fingerprint density at radius 3 is 2.57 bits per heavy atom. The molecule has 0 amide bonds. The molecule has 5 heteroatoms. The third-order valence-corrected chi connectivity index (χ3v) is 3.82. The fourth-order valence-corrected chi connectivity index (χ4v) is 2.72. The van der Waals surface area contributed by atoms with Crippen LogP contribution in [0.2, 0.25) is 0 Å². The Morgan fingerprint density at radius 1 is 1.29 bits per heavy atom. The molecule has 0 aromatic heterocycles. The Balaban J connectivity index is 2.84. The number of aldehydes is 1. The summed E-state index contributed by atoms with van der Waals surface area (Å²) < 4.78 is 23.1. The number of carbonyl (C=O) groups is 1. The Kier molecular flexibility index (Phi) is 1.72. The van der Waals surface area contributed by atoms with E-state index in [0.717, 1.165) is 0 Å². The largest absolute Gasteiger partial charge is 0.507 e. The lowest BCUT2D eigenvalue weighted by atomic mass is 10.2. The number of phenols is 1. The number of allylic oxidation sites excluding steroid dienone is 1. The number of phenolic OH excluding ortho intramolecular Hbond substituents is 1. The minimum absolute atomic E-state index is 0.0143. The van der Waals surface area contributed by atoms with Crippen molar-refractivity contribution in [3.63, 3.8) is 0 Å². The first-order valence-corrected chi connectivity index (χ1v) is 5.29. The average molecular weight is 210 g/mol. The van der Waals surface area contributed by atoms with Crippen molar-refractivity contribution in [2.75, 3.05) is 0 Å². The summed E-state index contributed by atoms with van der Waals surface area (Å²) in [6.45, 7) is 0. The van der Waals surface area contributed by atoms with Crippen molar-refractivity contribution in [1.82, 2.24) is 0 Å². The van der Waals surface area contributed by atoms with Crippen LogP contribution in [-0.4, -0.2) is 19.8 Å². The van der Waals surface area contributed by atoms with E-state index in [0.29, 0.717) is 0 Å². The fourth-order valence-electron chi connectivity index (χ4n) is 1.36. The molecule has 0 unspecified atom stereocenters. The van der Waals surface area contributed by atoms with Crippen molar-refractivity contribution < 1.29 is 18.3 Å². The van der Waals surface area contributed by atoms with Gasteiger partial charge in [-0.15, -0.1) is 0 Å². The van der Waals surface area contributed by atoms with E-state index in [2.05, 4.69) is 0 Å².